The summed E-state index contributed by atoms with van der Waals surface area (Å²) in [5.41, 5.74) is 9.21. The van der Waals surface area contributed by atoms with E-state index < -0.39 is 0 Å². The smallest absolute Gasteiger partial charge is 0.241 e. The minimum absolute atomic E-state index is 0.0651. The molecule has 0 aliphatic carbocycles. The Hall–Kier alpha value is -2.37. The van der Waals surface area contributed by atoms with Crippen molar-refractivity contribution in [1.82, 2.24) is 20.1 Å². The van der Waals surface area contributed by atoms with Crippen LogP contribution in [0.1, 0.15) is 17.0 Å². The van der Waals surface area contributed by atoms with Gasteiger partial charge in [-0.1, -0.05) is 0 Å². The van der Waals surface area contributed by atoms with Crippen LogP contribution < -0.4 is 11.1 Å². The number of nitrogens with zero attached hydrogens (tertiary/aromatic N) is 3. The Balaban J connectivity index is 1.82. The fourth-order valence-electron chi connectivity index (χ4n) is 1.95. The molecule has 6 nitrogen and oxygen atoms in total. The fourth-order valence-corrected chi connectivity index (χ4v) is 1.95. The fraction of sp³-hybridized carbons (Fsp3) is 0.357. The third-order valence-corrected chi connectivity index (χ3v) is 3.22. The van der Waals surface area contributed by atoms with Crippen LogP contribution in [0.4, 0.5) is 5.69 Å². The molecule has 0 aromatic carbocycles. The second-order valence-electron chi connectivity index (χ2n) is 4.70. The van der Waals surface area contributed by atoms with Crippen LogP contribution in [0.2, 0.25) is 0 Å². The Kier molecular flexibility index (Phi) is 4.34. The quantitative estimate of drug-likeness (QED) is 0.845. The van der Waals surface area contributed by atoms with E-state index in [1.54, 1.807) is 17.1 Å². The zero-order chi connectivity index (χ0) is 14.5. The Bertz CT molecular complexity index is 591. The summed E-state index contributed by atoms with van der Waals surface area (Å²) in [6.45, 7) is 4.48. The number of carbonyl (C=O) groups excluding carboxylic acids is 1. The van der Waals surface area contributed by atoms with E-state index >= 15 is 0 Å². The lowest BCUT2D eigenvalue weighted by Gasteiger charge is -2.07. The zero-order valence-corrected chi connectivity index (χ0v) is 11.8. The molecule has 0 aliphatic rings. The average molecular weight is 273 g/mol. The van der Waals surface area contributed by atoms with Gasteiger partial charge < -0.3 is 11.1 Å². The number of aryl methyl sites for hydroxylation is 1. The van der Waals surface area contributed by atoms with Crippen molar-refractivity contribution in [1.29, 1.82) is 0 Å². The maximum atomic E-state index is 11.9. The summed E-state index contributed by atoms with van der Waals surface area (Å²) in [4.78, 5) is 15.8. The Morgan fingerprint density at radius 2 is 2.05 bits per heavy atom. The lowest BCUT2D eigenvalue weighted by atomic mass is 10.2. The van der Waals surface area contributed by atoms with Gasteiger partial charge in [0.15, 0.2) is 0 Å². The minimum Gasteiger partial charge on any atom is -0.396 e. The molecular formula is C14H19N5O. The van der Waals surface area contributed by atoms with Gasteiger partial charge in [0.05, 0.1) is 17.1 Å². The highest BCUT2D eigenvalue weighted by molar-refractivity contribution is 5.75. The van der Waals surface area contributed by atoms with Crippen LogP contribution >= 0.6 is 0 Å². The number of nitrogens with one attached hydrogen (secondary N) is 1. The topological polar surface area (TPSA) is 85.8 Å². The van der Waals surface area contributed by atoms with Gasteiger partial charge in [-0.05, 0) is 38.0 Å². The van der Waals surface area contributed by atoms with Crippen LogP contribution in [-0.2, 0) is 17.8 Å². The highest BCUT2D eigenvalue weighted by Crippen LogP contribution is 2.14. The van der Waals surface area contributed by atoms with Gasteiger partial charge in [-0.15, -0.1) is 0 Å². The van der Waals surface area contributed by atoms with Gasteiger partial charge in [0, 0.05) is 18.9 Å². The number of pyridine rings is 1. The normalized spacial score (nSPS) is 10.5. The average Bonchev–Trinajstić information content (AvgIpc) is 2.67. The van der Waals surface area contributed by atoms with Crippen molar-refractivity contribution in [2.75, 3.05) is 12.3 Å². The lowest BCUT2D eigenvalue weighted by Crippen LogP contribution is -2.30. The molecular weight excluding hydrogens is 254 g/mol. The molecule has 0 spiro atoms. The van der Waals surface area contributed by atoms with Crippen molar-refractivity contribution < 1.29 is 4.79 Å². The molecule has 2 rings (SSSR count). The first kappa shape index (κ1) is 14.0. The number of anilines is 1. The van der Waals surface area contributed by atoms with Crippen LogP contribution in [-0.4, -0.2) is 27.2 Å². The van der Waals surface area contributed by atoms with E-state index in [1.807, 2.05) is 26.0 Å². The molecule has 3 N–H and O–H groups in total. The van der Waals surface area contributed by atoms with Gasteiger partial charge >= 0.3 is 0 Å². The third-order valence-electron chi connectivity index (χ3n) is 3.22. The number of hydrogen-bond donors (Lipinski definition) is 2. The molecule has 0 fully saturated rings. The molecule has 6 heteroatoms. The molecule has 2 heterocycles. The van der Waals surface area contributed by atoms with Gasteiger partial charge in [0.2, 0.25) is 5.91 Å². The monoisotopic (exact) mass is 273 g/mol. The molecule has 0 saturated carbocycles. The summed E-state index contributed by atoms with van der Waals surface area (Å²) in [7, 11) is 0. The number of rotatable bonds is 5. The van der Waals surface area contributed by atoms with E-state index in [-0.39, 0.29) is 12.5 Å². The summed E-state index contributed by atoms with van der Waals surface area (Å²) in [5.74, 6) is -0.0651. The van der Waals surface area contributed by atoms with Crippen LogP contribution in [0.3, 0.4) is 0 Å². The Morgan fingerprint density at radius 3 is 2.65 bits per heavy atom. The summed E-state index contributed by atoms with van der Waals surface area (Å²) in [6, 6.07) is 3.88. The van der Waals surface area contributed by atoms with E-state index in [1.165, 1.54) is 0 Å². The van der Waals surface area contributed by atoms with E-state index in [0.29, 0.717) is 12.2 Å². The zero-order valence-electron chi connectivity index (χ0n) is 11.8. The molecule has 0 radical (unpaired) electrons. The van der Waals surface area contributed by atoms with Crippen molar-refractivity contribution in [2.45, 2.75) is 26.8 Å². The number of amides is 1. The van der Waals surface area contributed by atoms with Crippen LogP contribution in [0.15, 0.2) is 24.5 Å². The third kappa shape index (κ3) is 3.34. The Morgan fingerprint density at radius 1 is 1.35 bits per heavy atom. The van der Waals surface area contributed by atoms with Crippen molar-refractivity contribution in [3.05, 3.63) is 41.5 Å². The predicted molar refractivity (Wildman–Crippen MR) is 77.1 cm³/mol. The highest BCUT2D eigenvalue weighted by atomic mass is 16.2. The lowest BCUT2D eigenvalue weighted by molar-refractivity contribution is -0.121. The Labute approximate surface area is 118 Å². The van der Waals surface area contributed by atoms with E-state index in [9.17, 15) is 4.79 Å². The number of nitrogens with two attached hydrogens (primary N) is 1. The van der Waals surface area contributed by atoms with Crippen LogP contribution in [0.5, 0.6) is 0 Å². The molecule has 20 heavy (non-hydrogen) atoms. The van der Waals surface area contributed by atoms with Crippen molar-refractivity contribution in [2.24, 2.45) is 0 Å². The molecule has 0 aliphatic heterocycles. The molecule has 0 unspecified atom stereocenters. The molecule has 2 aromatic heterocycles. The first-order valence-corrected chi connectivity index (χ1v) is 6.53. The molecule has 0 bridgehead atoms. The summed E-state index contributed by atoms with van der Waals surface area (Å²) < 4.78 is 1.63. The van der Waals surface area contributed by atoms with Gasteiger partial charge in [0.1, 0.15) is 6.54 Å². The van der Waals surface area contributed by atoms with Gasteiger partial charge in [-0.2, -0.15) is 5.10 Å². The van der Waals surface area contributed by atoms with Crippen molar-refractivity contribution >= 4 is 11.6 Å². The second kappa shape index (κ2) is 6.18. The molecule has 0 saturated heterocycles. The number of nitrogen functional groups attached to an aromatic ring is 1. The van der Waals surface area contributed by atoms with Gasteiger partial charge in [-0.3, -0.25) is 14.5 Å². The molecule has 106 valence electrons. The van der Waals surface area contributed by atoms with Gasteiger partial charge in [-0.25, -0.2) is 0 Å². The first-order chi connectivity index (χ1) is 9.58. The largest absolute Gasteiger partial charge is 0.396 e. The van der Waals surface area contributed by atoms with Crippen molar-refractivity contribution in [3.8, 4) is 0 Å². The van der Waals surface area contributed by atoms with Crippen LogP contribution in [0.25, 0.3) is 0 Å². The summed E-state index contributed by atoms with van der Waals surface area (Å²) in [6.07, 6.45) is 4.28. The minimum atomic E-state index is -0.0651. The molecule has 2 aromatic rings. The van der Waals surface area contributed by atoms with Gasteiger partial charge in [0.25, 0.3) is 0 Å². The SMILES string of the molecule is Cc1nn(CC(=O)NCCc2ccncc2)c(C)c1N. The summed E-state index contributed by atoms with van der Waals surface area (Å²) in [5, 5.41) is 7.11. The molecule has 1 amide bonds. The first-order valence-electron chi connectivity index (χ1n) is 6.53. The van der Waals surface area contributed by atoms with E-state index in [0.717, 1.165) is 23.4 Å². The van der Waals surface area contributed by atoms with E-state index in [2.05, 4.69) is 15.4 Å². The maximum Gasteiger partial charge on any atom is 0.241 e. The predicted octanol–water partition coefficient (Wildman–Crippen LogP) is 0.836. The second-order valence-corrected chi connectivity index (χ2v) is 4.70. The maximum absolute atomic E-state index is 11.9. The standard InChI is InChI=1S/C14H19N5O/c1-10-14(15)11(2)19(18-10)9-13(20)17-8-5-12-3-6-16-7-4-12/h3-4,6-7H,5,8-9,15H2,1-2H3,(H,17,20). The van der Waals surface area contributed by atoms with Crippen LogP contribution in [0, 0.1) is 13.8 Å². The number of aromatic nitrogens is 3. The van der Waals surface area contributed by atoms with E-state index in [4.69, 9.17) is 5.73 Å². The number of hydrogen-bond acceptors (Lipinski definition) is 4. The summed E-state index contributed by atoms with van der Waals surface area (Å²) >= 11 is 0. The van der Waals surface area contributed by atoms with Crippen molar-refractivity contribution in [3.63, 3.8) is 0 Å². The highest BCUT2D eigenvalue weighted by Gasteiger charge is 2.10. The molecule has 0 atom stereocenters. The number of carbonyl (C=O) groups is 1.